The molecule has 3 aromatic carbocycles. The van der Waals surface area contributed by atoms with Crippen LogP contribution in [0.3, 0.4) is 0 Å². The average Bonchev–Trinajstić information content (AvgIpc) is 2.96. The van der Waals surface area contributed by atoms with Crippen molar-refractivity contribution >= 4 is 11.8 Å². The second-order valence-electron chi connectivity index (χ2n) is 9.02. The van der Waals surface area contributed by atoms with Crippen molar-refractivity contribution in [3.05, 3.63) is 113 Å². The zero-order valence-corrected chi connectivity index (χ0v) is 22.7. The molecule has 0 spiro atoms. The second-order valence-corrected chi connectivity index (χ2v) is 9.02. The monoisotopic (exact) mass is 542 g/mol. The van der Waals surface area contributed by atoms with Gasteiger partial charge in [-0.2, -0.15) is 0 Å². The zero-order chi connectivity index (χ0) is 28.7. The van der Waals surface area contributed by atoms with E-state index < -0.39 is 30.1 Å². The maximum Gasteiger partial charge on any atom is 0.348 e. The Balaban J connectivity index is 1.84. The third kappa shape index (κ3) is 5.94. The van der Waals surface area contributed by atoms with Crippen molar-refractivity contribution in [3.8, 4) is 17.5 Å². The van der Waals surface area contributed by atoms with E-state index in [9.17, 15) is 14.7 Å². The van der Waals surface area contributed by atoms with Gasteiger partial charge in [0.15, 0.2) is 22.9 Å². The van der Waals surface area contributed by atoms with Crippen molar-refractivity contribution in [2.75, 3.05) is 20.8 Å². The first kappa shape index (κ1) is 28.3. The van der Waals surface area contributed by atoms with Crippen LogP contribution in [-0.4, -0.2) is 53.8 Å². The number of ketones is 1. The number of benzene rings is 3. The predicted molar refractivity (Wildman–Crippen MR) is 147 cm³/mol. The first-order valence-corrected chi connectivity index (χ1v) is 12.5. The molecule has 1 N–H and O–H groups in total. The molecule has 0 amide bonds. The molecule has 0 saturated heterocycles. The van der Waals surface area contributed by atoms with Crippen LogP contribution >= 0.6 is 0 Å². The molecule has 0 bridgehead atoms. The molecular weight excluding hydrogens is 512 g/mol. The Kier molecular flexibility index (Phi) is 8.76. The summed E-state index contributed by atoms with van der Waals surface area (Å²) in [5.41, 5.74) is 0.707. The van der Waals surface area contributed by atoms with Crippen LogP contribution in [0, 0.1) is 13.8 Å². The van der Waals surface area contributed by atoms with Crippen LogP contribution in [0.25, 0.3) is 0 Å². The Labute approximate surface area is 232 Å². The van der Waals surface area contributed by atoms with E-state index in [-0.39, 0.29) is 6.01 Å². The number of Topliss-reactive ketones (excluding diaryl/α,β-unsaturated/α-hetero) is 1. The number of carboxylic acid groups (broad SMARTS) is 1. The van der Waals surface area contributed by atoms with Crippen molar-refractivity contribution in [2.45, 2.75) is 25.6 Å². The molecule has 9 nitrogen and oxygen atoms in total. The number of carbonyl (C=O) groups excluding carboxylic acids is 1. The summed E-state index contributed by atoms with van der Waals surface area (Å²) < 4.78 is 23.1. The summed E-state index contributed by atoms with van der Waals surface area (Å²) in [4.78, 5) is 35.0. The zero-order valence-electron chi connectivity index (χ0n) is 22.7. The quantitative estimate of drug-likeness (QED) is 0.252. The van der Waals surface area contributed by atoms with Gasteiger partial charge in [0, 0.05) is 17.0 Å². The fourth-order valence-electron chi connectivity index (χ4n) is 4.51. The van der Waals surface area contributed by atoms with Gasteiger partial charge in [-0.1, -0.05) is 60.7 Å². The van der Waals surface area contributed by atoms with Crippen LogP contribution in [0.5, 0.6) is 17.5 Å². The van der Waals surface area contributed by atoms with E-state index in [4.69, 9.17) is 18.9 Å². The van der Waals surface area contributed by atoms with E-state index in [1.807, 2.05) is 0 Å². The summed E-state index contributed by atoms with van der Waals surface area (Å²) in [5, 5.41) is 10.6. The Hall–Kier alpha value is -4.76. The lowest BCUT2D eigenvalue weighted by molar-refractivity contribution is -0.162. The molecule has 40 heavy (non-hydrogen) atoms. The molecule has 9 heteroatoms. The van der Waals surface area contributed by atoms with Gasteiger partial charge in [0.1, 0.15) is 6.61 Å². The van der Waals surface area contributed by atoms with Crippen LogP contribution in [0.2, 0.25) is 0 Å². The fourth-order valence-corrected chi connectivity index (χ4v) is 4.51. The van der Waals surface area contributed by atoms with Gasteiger partial charge < -0.3 is 24.1 Å². The van der Waals surface area contributed by atoms with E-state index in [1.165, 1.54) is 14.2 Å². The number of hydrogen-bond donors (Lipinski definition) is 1. The van der Waals surface area contributed by atoms with E-state index in [0.717, 1.165) is 0 Å². The van der Waals surface area contributed by atoms with Crippen molar-refractivity contribution in [3.63, 3.8) is 0 Å². The maximum absolute atomic E-state index is 13.4. The van der Waals surface area contributed by atoms with Gasteiger partial charge in [0.05, 0.1) is 14.2 Å². The SMILES string of the molecule is COc1ccc(C(=O)COC(c2ccccc2)(c2ccccc2)[C@H](Oc2nc(C)cc(C)n2)C(=O)O)cc1OC. The molecule has 0 aliphatic rings. The molecule has 0 fully saturated rings. The summed E-state index contributed by atoms with van der Waals surface area (Å²) in [6.45, 7) is 3.05. The number of carboxylic acids is 1. The number of carbonyl (C=O) groups is 2. The van der Waals surface area contributed by atoms with Gasteiger partial charge in [-0.15, -0.1) is 0 Å². The van der Waals surface area contributed by atoms with Gasteiger partial charge in [0.2, 0.25) is 6.10 Å². The standard InChI is InChI=1S/C31H30N2O7/c1-20-17-21(2)33-30(32-20)40-28(29(35)36)31(23-11-7-5-8-12-23,24-13-9-6-10-14-24)39-19-25(34)22-15-16-26(37-3)27(18-22)38-4/h5-18,28H,19H2,1-4H3,(H,35,36)/t28-/m1/s1. The van der Waals surface area contributed by atoms with E-state index in [0.29, 0.717) is 39.6 Å². The Morgan fingerprint density at radius 1 is 0.800 bits per heavy atom. The smallest absolute Gasteiger partial charge is 0.348 e. The Morgan fingerprint density at radius 2 is 1.35 bits per heavy atom. The molecule has 4 rings (SSSR count). The lowest BCUT2D eigenvalue weighted by Crippen LogP contribution is -2.52. The van der Waals surface area contributed by atoms with Gasteiger partial charge in [-0.05, 0) is 49.2 Å². The van der Waals surface area contributed by atoms with Crippen molar-refractivity contribution < 1.29 is 33.6 Å². The second kappa shape index (κ2) is 12.4. The number of hydrogen-bond acceptors (Lipinski definition) is 8. The lowest BCUT2D eigenvalue weighted by atomic mass is 9.81. The highest BCUT2D eigenvalue weighted by molar-refractivity contribution is 5.97. The van der Waals surface area contributed by atoms with E-state index >= 15 is 0 Å². The van der Waals surface area contributed by atoms with Crippen LogP contribution in [0.15, 0.2) is 84.9 Å². The molecule has 1 heterocycles. The number of methoxy groups -OCH3 is 2. The predicted octanol–water partition coefficient (Wildman–Crippen LogP) is 4.79. The Bertz CT molecular complexity index is 1420. The minimum Gasteiger partial charge on any atom is -0.493 e. The van der Waals surface area contributed by atoms with Gasteiger partial charge in [-0.3, -0.25) is 4.79 Å². The molecule has 0 radical (unpaired) electrons. The summed E-state index contributed by atoms with van der Waals surface area (Å²) in [6, 6.07) is 24.0. The molecule has 206 valence electrons. The molecule has 0 aliphatic heterocycles. The number of aryl methyl sites for hydroxylation is 2. The first-order valence-electron chi connectivity index (χ1n) is 12.5. The lowest BCUT2D eigenvalue weighted by Gasteiger charge is -2.38. The van der Waals surface area contributed by atoms with Crippen molar-refractivity contribution in [1.29, 1.82) is 0 Å². The highest BCUT2D eigenvalue weighted by Gasteiger charge is 2.50. The number of ether oxygens (including phenoxy) is 4. The number of rotatable bonds is 12. The van der Waals surface area contributed by atoms with Gasteiger partial charge in [0.25, 0.3) is 0 Å². The van der Waals surface area contributed by atoms with Crippen molar-refractivity contribution in [1.82, 2.24) is 9.97 Å². The van der Waals surface area contributed by atoms with Gasteiger partial charge >= 0.3 is 12.0 Å². The highest BCUT2D eigenvalue weighted by atomic mass is 16.6. The molecule has 4 aromatic rings. The molecule has 0 saturated carbocycles. The minimum absolute atomic E-state index is 0.115. The maximum atomic E-state index is 13.4. The number of aliphatic carboxylic acids is 1. The minimum atomic E-state index is -1.76. The summed E-state index contributed by atoms with van der Waals surface area (Å²) in [6.07, 6.45) is -1.67. The first-order chi connectivity index (χ1) is 19.3. The molecule has 0 aliphatic carbocycles. The third-order valence-corrected chi connectivity index (χ3v) is 6.32. The molecule has 1 atom stereocenters. The van der Waals surface area contributed by atoms with Crippen LogP contribution < -0.4 is 14.2 Å². The number of aromatic nitrogens is 2. The average molecular weight is 543 g/mol. The third-order valence-electron chi connectivity index (χ3n) is 6.32. The van der Waals surface area contributed by atoms with Crippen LogP contribution in [-0.2, 0) is 15.1 Å². The molecule has 1 aromatic heterocycles. The Morgan fingerprint density at radius 3 is 1.85 bits per heavy atom. The fraction of sp³-hybridized carbons (Fsp3) is 0.226. The summed E-state index contributed by atoms with van der Waals surface area (Å²) in [5.74, 6) is -0.877. The molecular formula is C31H30N2O7. The normalized spacial score (nSPS) is 11.9. The van der Waals surface area contributed by atoms with Crippen LogP contribution in [0.4, 0.5) is 0 Å². The summed E-state index contributed by atoms with van der Waals surface area (Å²) in [7, 11) is 2.98. The highest BCUT2D eigenvalue weighted by Crippen LogP contribution is 2.39. The van der Waals surface area contributed by atoms with Crippen LogP contribution in [0.1, 0.15) is 32.9 Å². The van der Waals surface area contributed by atoms with E-state index in [2.05, 4.69) is 9.97 Å². The van der Waals surface area contributed by atoms with Gasteiger partial charge in [-0.25, -0.2) is 14.8 Å². The van der Waals surface area contributed by atoms with Crippen molar-refractivity contribution in [2.24, 2.45) is 0 Å². The largest absolute Gasteiger partial charge is 0.493 e. The molecule has 0 unspecified atom stereocenters. The van der Waals surface area contributed by atoms with E-state index in [1.54, 1.807) is 98.8 Å². The summed E-state index contributed by atoms with van der Waals surface area (Å²) >= 11 is 0. The topological polar surface area (TPSA) is 117 Å². The number of nitrogens with zero attached hydrogens (tertiary/aromatic N) is 2.